The lowest BCUT2D eigenvalue weighted by molar-refractivity contribution is 0.104. The summed E-state index contributed by atoms with van der Waals surface area (Å²) >= 11 is 0. The van der Waals surface area contributed by atoms with Crippen molar-refractivity contribution in [1.82, 2.24) is 5.32 Å². The van der Waals surface area contributed by atoms with Crippen LogP contribution in [-0.2, 0) is 4.43 Å². The Morgan fingerprint density at radius 3 is 2.33 bits per heavy atom. The zero-order chi connectivity index (χ0) is 11.7. The van der Waals surface area contributed by atoms with Gasteiger partial charge in [0.15, 0.2) is 8.32 Å². The van der Waals surface area contributed by atoms with Gasteiger partial charge < -0.3 is 9.74 Å². The normalized spacial score (nSPS) is 29.2. The third kappa shape index (κ3) is 3.54. The Morgan fingerprint density at radius 1 is 1.27 bits per heavy atom. The van der Waals surface area contributed by atoms with Gasteiger partial charge in [-0.2, -0.15) is 0 Å². The van der Waals surface area contributed by atoms with E-state index in [4.69, 9.17) is 4.43 Å². The first-order chi connectivity index (χ1) is 6.72. The molecule has 1 rings (SSSR count). The SMILES string of the molecule is CC(C)(C)[Si](C)(C)O[C@H]1CNC[C@H](F)C1. The summed E-state index contributed by atoms with van der Waals surface area (Å²) in [5.74, 6) is 0. The van der Waals surface area contributed by atoms with Gasteiger partial charge in [0.1, 0.15) is 6.17 Å². The zero-order valence-electron chi connectivity index (χ0n) is 10.6. The molecule has 4 heteroatoms. The van der Waals surface area contributed by atoms with E-state index in [1.54, 1.807) is 0 Å². The van der Waals surface area contributed by atoms with Crippen LogP contribution in [0, 0.1) is 0 Å². The molecule has 90 valence electrons. The molecule has 0 aromatic carbocycles. The van der Waals surface area contributed by atoms with Crippen molar-refractivity contribution in [2.24, 2.45) is 0 Å². The first kappa shape index (κ1) is 13.1. The molecule has 2 atom stereocenters. The van der Waals surface area contributed by atoms with E-state index in [1.807, 2.05) is 0 Å². The quantitative estimate of drug-likeness (QED) is 0.741. The minimum atomic E-state index is -1.73. The van der Waals surface area contributed by atoms with Crippen molar-refractivity contribution < 1.29 is 8.82 Å². The second kappa shape index (κ2) is 4.51. The maximum absolute atomic E-state index is 13.2. The van der Waals surface area contributed by atoms with Gasteiger partial charge in [0.05, 0.1) is 6.10 Å². The van der Waals surface area contributed by atoms with Gasteiger partial charge in [0.25, 0.3) is 0 Å². The molecule has 0 aromatic heterocycles. The Morgan fingerprint density at radius 2 is 1.87 bits per heavy atom. The number of hydrogen-bond donors (Lipinski definition) is 1. The molecule has 0 amide bonds. The maximum atomic E-state index is 13.2. The van der Waals surface area contributed by atoms with Crippen molar-refractivity contribution in [2.45, 2.75) is 57.6 Å². The van der Waals surface area contributed by atoms with Crippen molar-refractivity contribution >= 4 is 8.32 Å². The standard InChI is InChI=1S/C11H24FNOSi/c1-11(2,3)15(4,5)14-10-6-9(12)7-13-8-10/h9-10,13H,6-8H2,1-5H3/t9-,10-/m1/s1. The van der Waals surface area contributed by atoms with E-state index < -0.39 is 14.5 Å². The number of rotatable bonds is 2. The second-order valence-electron chi connectivity index (χ2n) is 5.99. The highest BCUT2D eigenvalue weighted by atomic mass is 28.4. The fraction of sp³-hybridized carbons (Fsp3) is 1.00. The molecule has 1 fully saturated rings. The van der Waals surface area contributed by atoms with Crippen molar-refractivity contribution in [3.8, 4) is 0 Å². The zero-order valence-corrected chi connectivity index (χ0v) is 11.6. The summed E-state index contributed by atoms with van der Waals surface area (Å²) in [7, 11) is -1.73. The van der Waals surface area contributed by atoms with E-state index in [2.05, 4.69) is 39.2 Å². The van der Waals surface area contributed by atoms with Gasteiger partial charge in [0.2, 0.25) is 0 Å². The van der Waals surface area contributed by atoms with Crippen LogP contribution >= 0.6 is 0 Å². The molecule has 0 unspecified atom stereocenters. The van der Waals surface area contributed by atoms with Gasteiger partial charge >= 0.3 is 0 Å². The van der Waals surface area contributed by atoms with Crippen molar-refractivity contribution in [2.75, 3.05) is 13.1 Å². The molecule has 0 radical (unpaired) electrons. The van der Waals surface area contributed by atoms with Crippen LogP contribution in [0.15, 0.2) is 0 Å². The van der Waals surface area contributed by atoms with E-state index in [0.29, 0.717) is 13.0 Å². The Hall–Kier alpha value is 0.0669. The van der Waals surface area contributed by atoms with Gasteiger partial charge in [-0.25, -0.2) is 4.39 Å². The minimum absolute atomic E-state index is 0.0645. The molecule has 0 bridgehead atoms. The highest BCUT2D eigenvalue weighted by Gasteiger charge is 2.40. The van der Waals surface area contributed by atoms with Crippen LogP contribution in [0.5, 0.6) is 0 Å². The molecule has 2 nitrogen and oxygen atoms in total. The third-order valence-corrected chi connectivity index (χ3v) is 8.06. The molecular weight excluding hydrogens is 209 g/mol. The fourth-order valence-corrected chi connectivity index (χ4v) is 2.90. The molecule has 1 N–H and O–H groups in total. The monoisotopic (exact) mass is 233 g/mol. The summed E-state index contributed by atoms with van der Waals surface area (Å²) in [6.07, 6.45) is -0.123. The summed E-state index contributed by atoms with van der Waals surface area (Å²) in [6.45, 7) is 12.3. The Labute approximate surface area is 93.7 Å². The third-order valence-electron chi connectivity index (χ3n) is 3.52. The average molecular weight is 233 g/mol. The summed E-state index contributed by atoms with van der Waals surface area (Å²) in [6, 6.07) is 0. The molecule has 1 heterocycles. The van der Waals surface area contributed by atoms with Crippen LogP contribution in [0.25, 0.3) is 0 Å². The summed E-state index contributed by atoms with van der Waals surface area (Å²) in [5.41, 5.74) is 0. The Bertz CT molecular complexity index is 215. The number of piperidine rings is 1. The molecular formula is C11H24FNOSi. The number of halogens is 1. The predicted molar refractivity (Wildman–Crippen MR) is 64.5 cm³/mol. The lowest BCUT2D eigenvalue weighted by Crippen LogP contribution is -2.50. The van der Waals surface area contributed by atoms with Crippen LogP contribution in [0.1, 0.15) is 27.2 Å². The highest BCUT2D eigenvalue weighted by molar-refractivity contribution is 6.74. The molecule has 1 aliphatic rings. The molecule has 0 spiro atoms. The van der Waals surface area contributed by atoms with Gasteiger partial charge in [-0.3, -0.25) is 0 Å². The number of nitrogens with one attached hydrogen (secondary N) is 1. The van der Waals surface area contributed by atoms with Crippen LogP contribution in [0.3, 0.4) is 0 Å². The van der Waals surface area contributed by atoms with Crippen LogP contribution in [0.4, 0.5) is 4.39 Å². The van der Waals surface area contributed by atoms with Crippen molar-refractivity contribution in [3.05, 3.63) is 0 Å². The first-order valence-electron chi connectivity index (χ1n) is 5.75. The molecule has 0 aliphatic carbocycles. The minimum Gasteiger partial charge on any atom is -0.413 e. The molecule has 15 heavy (non-hydrogen) atoms. The largest absolute Gasteiger partial charge is 0.413 e. The fourth-order valence-electron chi connectivity index (χ4n) is 1.54. The molecule has 1 aliphatic heterocycles. The maximum Gasteiger partial charge on any atom is 0.192 e. The molecule has 0 saturated carbocycles. The Kier molecular flexibility index (Phi) is 3.95. The first-order valence-corrected chi connectivity index (χ1v) is 8.66. The van der Waals surface area contributed by atoms with Crippen molar-refractivity contribution in [3.63, 3.8) is 0 Å². The number of alkyl halides is 1. The average Bonchev–Trinajstić information content (AvgIpc) is 2.00. The highest BCUT2D eigenvalue weighted by Crippen LogP contribution is 2.37. The van der Waals surface area contributed by atoms with E-state index in [0.717, 1.165) is 6.54 Å². The topological polar surface area (TPSA) is 21.3 Å². The summed E-state index contributed by atoms with van der Waals surface area (Å²) < 4.78 is 19.3. The summed E-state index contributed by atoms with van der Waals surface area (Å²) in [5, 5.41) is 3.29. The van der Waals surface area contributed by atoms with Crippen molar-refractivity contribution in [1.29, 1.82) is 0 Å². The van der Waals surface area contributed by atoms with Crippen LogP contribution in [0.2, 0.25) is 18.1 Å². The lowest BCUT2D eigenvalue weighted by atomic mass is 10.1. The molecule has 1 saturated heterocycles. The second-order valence-corrected chi connectivity index (χ2v) is 10.7. The van der Waals surface area contributed by atoms with Crippen LogP contribution in [-0.4, -0.2) is 33.7 Å². The summed E-state index contributed by atoms with van der Waals surface area (Å²) in [4.78, 5) is 0. The number of hydrogen-bond acceptors (Lipinski definition) is 2. The Balaban J connectivity index is 2.53. The van der Waals surface area contributed by atoms with Crippen LogP contribution < -0.4 is 5.32 Å². The van der Waals surface area contributed by atoms with E-state index >= 15 is 0 Å². The van der Waals surface area contributed by atoms with E-state index in [1.165, 1.54) is 0 Å². The lowest BCUT2D eigenvalue weighted by Gasteiger charge is -2.40. The molecule has 0 aromatic rings. The van der Waals surface area contributed by atoms with Gasteiger partial charge in [0, 0.05) is 19.5 Å². The van der Waals surface area contributed by atoms with Gasteiger partial charge in [-0.05, 0) is 18.1 Å². The predicted octanol–water partition coefficient (Wildman–Crippen LogP) is 2.71. The smallest absolute Gasteiger partial charge is 0.192 e. The van der Waals surface area contributed by atoms with Gasteiger partial charge in [-0.1, -0.05) is 20.8 Å². The van der Waals surface area contributed by atoms with E-state index in [-0.39, 0.29) is 11.1 Å². The van der Waals surface area contributed by atoms with E-state index in [9.17, 15) is 4.39 Å². The van der Waals surface area contributed by atoms with Gasteiger partial charge in [-0.15, -0.1) is 0 Å².